The third kappa shape index (κ3) is 2.20. The van der Waals surface area contributed by atoms with Gasteiger partial charge < -0.3 is 0 Å². The van der Waals surface area contributed by atoms with E-state index in [4.69, 9.17) is 39.8 Å². The van der Waals surface area contributed by atoms with E-state index in [1.54, 1.807) is 16.6 Å². The Morgan fingerprint density at radius 2 is 1.95 bits per heavy atom. The molecule has 0 aliphatic heterocycles. The second-order valence-corrected chi connectivity index (χ2v) is 6.35. The normalized spacial score (nSPS) is 14.8. The van der Waals surface area contributed by atoms with Gasteiger partial charge >= 0.3 is 0 Å². The molecule has 0 saturated heterocycles. The fourth-order valence-corrected chi connectivity index (χ4v) is 3.09. The van der Waals surface area contributed by atoms with Gasteiger partial charge in [0.1, 0.15) is 5.15 Å². The number of halogens is 3. The quantitative estimate of drug-likeness (QED) is 0.599. The van der Waals surface area contributed by atoms with E-state index >= 15 is 0 Å². The zero-order chi connectivity index (χ0) is 14.6. The average molecular weight is 339 g/mol. The Morgan fingerprint density at radius 3 is 2.71 bits per heavy atom. The summed E-state index contributed by atoms with van der Waals surface area (Å²) in [7, 11) is 0. The molecule has 0 spiro atoms. The molecule has 0 atom stereocenters. The van der Waals surface area contributed by atoms with Crippen LogP contribution in [0.15, 0.2) is 30.5 Å². The summed E-state index contributed by atoms with van der Waals surface area (Å²) in [6, 6.07) is 7.25. The first-order valence-corrected chi connectivity index (χ1v) is 7.77. The van der Waals surface area contributed by atoms with Crippen LogP contribution < -0.4 is 0 Å². The molecule has 1 aromatic carbocycles. The molecule has 106 valence electrons. The summed E-state index contributed by atoms with van der Waals surface area (Å²) >= 11 is 18.7. The predicted octanol–water partition coefficient (Wildman–Crippen LogP) is 5.23. The van der Waals surface area contributed by atoms with Gasteiger partial charge in [-0.3, -0.25) is 0 Å². The van der Waals surface area contributed by atoms with Gasteiger partial charge in [-0.05, 0) is 24.8 Å². The number of fused-ring (bicyclic) bond motifs is 1. The molecular formula is C15H10Cl3N3. The van der Waals surface area contributed by atoms with E-state index in [0.29, 0.717) is 26.8 Å². The average Bonchev–Trinajstić information content (AvgIpc) is 3.22. The van der Waals surface area contributed by atoms with Crippen molar-refractivity contribution in [3.05, 3.63) is 51.2 Å². The highest BCUT2D eigenvalue weighted by Crippen LogP contribution is 2.42. The number of aromatic nitrogens is 3. The Labute approximate surface area is 136 Å². The first-order chi connectivity index (χ1) is 10.1. The fraction of sp³-hybridized carbons (Fsp3) is 0.200. The summed E-state index contributed by atoms with van der Waals surface area (Å²) in [6.45, 7) is 0. The second-order valence-electron chi connectivity index (χ2n) is 5.18. The molecule has 0 bridgehead atoms. The highest BCUT2D eigenvalue weighted by Gasteiger charge is 2.28. The molecule has 21 heavy (non-hydrogen) atoms. The van der Waals surface area contributed by atoms with Crippen LogP contribution in [-0.2, 0) is 0 Å². The maximum Gasteiger partial charge on any atom is 0.160 e. The van der Waals surface area contributed by atoms with Crippen molar-refractivity contribution in [3.8, 4) is 11.3 Å². The lowest BCUT2D eigenvalue weighted by atomic mass is 10.1. The summed E-state index contributed by atoms with van der Waals surface area (Å²) in [5.74, 6) is 0.552. The Morgan fingerprint density at radius 1 is 1.14 bits per heavy atom. The summed E-state index contributed by atoms with van der Waals surface area (Å²) in [5.41, 5.74) is 3.44. The third-order valence-corrected chi connectivity index (χ3v) is 4.79. The van der Waals surface area contributed by atoms with E-state index < -0.39 is 0 Å². The van der Waals surface area contributed by atoms with Crippen molar-refractivity contribution in [2.75, 3.05) is 0 Å². The smallest absolute Gasteiger partial charge is 0.160 e. The maximum absolute atomic E-state index is 6.33. The standard InChI is InChI=1S/C15H10Cl3N3/c16-11-3-1-2-9(14(11)18)12-6-13(17)21-15(20-12)10(7-19-21)8-4-5-8/h1-3,6-8H,4-5H2. The van der Waals surface area contributed by atoms with Crippen LogP contribution in [0, 0.1) is 0 Å². The van der Waals surface area contributed by atoms with Crippen LogP contribution in [0.1, 0.15) is 24.3 Å². The van der Waals surface area contributed by atoms with Gasteiger partial charge in [0.05, 0.1) is 21.9 Å². The molecule has 1 fully saturated rings. The fourth-order valence-electron chi connectivity index (χ4n) is 2.47. The molecule has 3 aromatic rings. The SMILES string of the molecule is Clc1cccc(-c2cc(Cl)n3ncc(C4CC4)c3n2)c1Cl. The van der Waals surface area contributed by atoms with E-state index in [2.05, 4.69) is 5.10 Å². The number of benzene rings is 1. The van der Waals surface area contributed by atoms with Crippen LogP contribution in [-0.4, -0.2) is 14.6 Å². The molecular weight excluding hydrogens is 329 g/mol. The minimum Gasteiger partial charge on any atom is -0.228 e. The zero-order valence-electron chi connectivity index (χ0n) is 10.9. The van der Waals surface area contributed by atoms with Crippen molar-refractivity contribution in [1.29, 1.82) is 0 Å². The van der Waals surface area contributed by atoms with E-state index in [-0.39, 0.29) is 0 Å². The Balaban J connectivity index is 1.97. The van der Waals surface area contributed by atoms with Crippen LogP contribution in [0.3, 0.4) is 0 Å². The number of rotatable bonds is 2. The predicted molar refractivity (Wildman–Crippen MR) is 85.4 cm³/mol. The zero-order valence-corrected chi connectivity index (χ0v) is 13.1. The van der Waals surface area contributed by atoms with Gasteiger partial charge in [0.15, 0.2) is 5.65 Å². The minimum atomic E-state index is 0.486. The van der Waals surface area contributed by atoms with Gasteiger partial charge in [0.2, 0.25) is 0 Å². The topological polar surface area (TPSA) is 30.2 Å². The van der Waals surface area contributed by atoms with Crippen LogP contribution >= 0.6 is 34.8 Å². The molecule has 1 aliphatic rings. The Hall–Kier alpha value is -1.29. The van der Waals surface area contributed by atoms with Crippen LogP contribution in [0.4, 0.5) is 0 Å². The third-order valence-electron chi connectivity index (χ3n) is 3.70. The van der Waals surface area contributed by atoms with Crippen LogP contribution in [0.5, 0.6) is 0 Å². The lowest BCUT2D eigenvalue weighted by Gasteiger charge is -2.07. The first kappa shape index (κ1) is 13.4. The molecule has 0 radical (unpaired) electrons. The van der Waals surface area contributed by atoms with E-state index in [0.717, 1.165) is 16.8 Å². The van der Waals surface area contributed by atoms with Crippen molar-refractivity contribution in [1.82, 2.24) is 14.6 Å². The summed E-state index contributed by atoms with van der Waals surface area (Å²) in [5, 5.41) is 5.82. The molecule has 6 heteroatoms. The van der Waals surface area contributed by atoms with Gasteiger partial charge in [-0.15, -0.1) is 0 Å². The molecule has 0 N–H and O–H groups in total. The molecule has 0 unspecified atom stereocenters. The molecule has 3 nitrogen and oxygen atoms in total. The monoisotopic (exact) mass is 337 g/mol. The van der Waals surface area contributed by atoms with Crippen LogP contribution in [0.25, 0.3) is 16.9 Å². The van der Waals surface area contributed by atoms with Gasteiger partial charge in [-0.2, -0.15) is 5.10 Å². The van der Waals surface area contributed by atoms with E-state index in [9.17, 15) is 0 Å². The highest BCUT2D eigenvalue weighted by molar-refractivity contribution is 6.43. The van der Waals surface area contributed by atoms with Crippen molar-refractivity contribution in [3.63, 3.8) is 0 Å². The van der Waals surface area contributed by atoms with Crippen LogP contribution in [0.2, 0.25) is 15.2 Å². The molecule has 2 aromatic heterocycles. The van der Waals surface area contributed by atoms with E-state index in [1.807, 2.05) is 18.3 Å². The summed E-state index contributed by atoms with van der Waals surface area (Å²) in [6.07, 6.45) is 4.22. The second kappa shape index (κ2) is 4.87. The van der Waals surface area contributed by atoms with Crippen molar-refractivity contribution in [2.45, 2.75) is 18.8 Å². The first-order valence-electron chi connectivity index (χ1n) is 6.63. The minimum absolute atomic E-state index is 0.486. The number of nitrogens with zero attached hydrogens (tertiary/aromatic N) is 3. The van der Waals surface area contributed by atoms with Gasteiger partial charge in [-0.1, -0.05) is 46.9 Å². The lowest BCUT2D eigenvalue weighted by Crippen LogP contribution is -1.96. The number of hydrogen-bond donors (Lipinski definition) is 0. The van der Waals surface area contributed by atoms with Gasteiger partial charge in [0, 0.05) is 17.2 Å². The molecule has 2 heterocycles. The van der Waals surface area contributed by atoms with E-state index in [1.165, 1.54) is 12.8 Å². The Kier molecular flexibility index (Phi) is 3.10. The largest absolute Gasteiger partial charge is 0.228 e. The van der Waals surface area contributed by atoms with Gasteiger partial charge in [-0.25, -0.2) is 9.50 Å². The molecule has 1 aliphatic carbocycles. The Bertz CT molecular complexity index is 853. The van der Waals surface area contributed by atoms with Gasteiger partial charge in [0.25, 0.3) is 0 Å². The lowest BCUT2D eigenvalue weighted by molar-refractivity contribution is 0.941. The van der Waals surface area contributed by atoms with Crippen molar-refractivity contribution in [2.24, 2.45) is 0 Å². The van der Waals surface area contributed by atoms with Crippen molar-refractivity contribution >= 4 is 40.4 Å². The number of hydrogen-bond acceptors (Lipinski definition) is 2. The molecule has 4 rings (SSSR count). The summed E-state index contributed by atoms with van der Waals surface area (Å²) < 4.78 is 1.66. The molecule has 0 amide bonds. The van der Waals surface area contributed by atoms with Crippen molar-refractivity contribution < 1.29 is 0 Å². The highest BCUT2D eigenvalue weighted by atomic mass is 35.5. The molecule has 1 saturated carbocycles. The maximum atomic E-state index is 6.33. The summed E-state index contributed by atoms with van der Waals surface area (Å²) in [4.78, 5) is 4.70.